The van der Waals surface area contributed by atoms with Gasteiger partial charge in [0, 0.05) is 16.8 Å². The first kappa shape index (κ1) is 25.2. The zero-order valence-electron chi connectivity index (χ0n) is 18.1. The summed E-state index contributed by atoms with van der Waals surface area (Å²) in [5.74, 6) is 0.155. The Morgan fingerprint density at radius 1 is 1.21 bits per heavy atom. The van der Waals surface area contributed by atoms with Gasteiger partial charge in [0.15, 0.2) is 11.5 Å². The number of halogens is 1. The summed E-state index contributed by atoms with van der Waals surface area (Å²) in [6, 6.07) is 14.1. The zero-order valence-corrected chi connectivity index (χ0v) is 20.5. The quantitative estimate of drug-likeness (QED) is 0.254. The second-order valence-corrected chi connectivity index (χ2v) is 10.4. The second kappa shape index (κ2) is 11.1. The Bertz CT molecular complexity index is 1380. The first-order chi connectivity index (χ1) is 16.2. The summed E-state index contributed by atoms with van der Waals surface area (Å²) in [7, 11) is -3.55. The van der Waals surface area contributed by atoms with Gasteiger partial charge in [-0.05, 0) is 36.8 Å². The number of benzene rings is 2. The minimum Gasteiger partial charge on any atom is -0.490 e. The van der Waals surface area contributed by atoms with Crippen LogP contribution in [-0.2, 0) is 21.2 Å². The molecule has 0 unspecified atom stereocenters. The van der Waals surface area contributed by atoms with Gasteiger partial charge in [0.1, 0.15) is 18.2 Å². The predicted octanol–water partition coefficient (Wildman–Crippen LogP) is 4.12. The number of anilines is 1. The van der Waals surface area contributed by atoms with Crippen molar-refractivity contribution in [1.29, 1.82) is 5.26 Å². The van der Waals surface area contributed by atoms with Gasteiger partial charge in [-0.15, -0.1) is 10.2 Å². The minimum atomic E-state index is -3.55. The summed E-state index contributed by atoms with van der Waals surface area (Å²) in [4.78, 5) is 12.5. The molecule has 0 radical (unpaired) electrons. The molecule has 9 nitrogen and oxygen atoms in total. The van der Waals surface area contributed by atoms with E-state index in [1.165, 1.54) is 6.08 Å². The number of sulfone groups is 1. The molecule has 34 heavy (non-hydrogen) atoms. The predicted molar refractivity (Wildman–Crippen MR) is 129 cm³/mol. The third-order valence-corrected chi connectivity index (χ3v) is 7.11. The number of nitrogens with one attached hydrogen (secondary N) is 1. The van der Waals surface area contributed by atoms with Crippen LogP contribution in [0.4, 0.5) is 5.13 Å². The highest BCUT2D eigenvalue weighted by Crippen LogP contribution is 2.31. The number of amides is 1. The van der Waals surface area contributed by atoms with Crippen LogP contribution in [0.3, 0.4) is 0 Å². The lowest BCUT2D eigenvalue weighted by atomic mass is 10.1. The third-order valence-electron chi connectivity index (χ3n) is 4.23. The van der Waals surface area contributed by atoms with E-state index in [2.05, 4.69) is 15.5 Å². The van der Waals surface area contributed by atoms with Gasteiger partial charge in [0.25, 0.3) is 5.91 Å². The molecule has 176 valence electrons. The van der Waals surface area contributed by atoms with Crippen molar-refractivity contribution in [3.8, 4) is 17.6 Å². The number of hydrogen-bond acceptors (Lipinski definition) is 9. The molecule has 1 heterocycles. The fourth-order valence-electron chi connectivity index (χ4n) is 2.66. The van der Waals surface area contributed by atoms with Crippen LogP contribution in [0.2, 0.25) is 5.02 Å². The number of hydrogen-bond donors (Lipinski definition) is 1. The molecule has 1 N–H and O–H groups in total. The summed E-state index contributed by atoms with van der Waals surface area (Å²) in [5, 5.41) is 19.5. The molecular formula is C22H19ClN4O5S2. The summed E-state index contributed by atoms with van der Waals surface area (Å²) in [6.45, 7) is 2.43. The Hall–Kier alpha value is -3.46. The maximum absolute atomic E-state index is 12.5. The SMILES string of the molecule is CCOc1cc(/C=C(/C#N)C(=O)Nc2nnc(S(C)(=O)=O)s2)ccc1OCc1ccccc1Cl. The molecule has 0 aliphatic rings. The number of carbonyl (C=O) groups is 1. The number of nitrogens with zero attached hydrogens (tertiary/aromatic N) is 3. The van der Waals surface area contributed by atoms with E-state index >= 15 is 0 Å². The van der Waals surface area contributed by atoms with Crippen LogP contribution in [0.15, 0.2) is 52.4 Å². The smallest absolute Gasteiger partial charge is 0.268 e. The van der Waals surface area contributed by atoms with E-state index in [1.54, 1.807) is 24.3 Å². The fraction of sp³-hybridized carbons (Fsp3) is 0.182. The molecule has 0 aliphatic carbocycles. The van der Waals surface area contributed by atoms with Crippen LogP contribution in [-0.4, -0.2) is 37.4 Å². The largest absolute Gasteiger partial charge is 0.490 e. The maximum Gasteiger partial charge on any atom is 0.268 e. The van der Waals surface area contributed by atoms with Crippen LogP contribution in [0, 0.1) is 11.3 Å². The first-order valence-corrected chi connectivity index (χ1v) is 12.9. The Labute approximate surface area is 205 Å². The maximum atomic E-state index is 12.5. The normalized spacial score (nSPS) is 11.5. The monoisotopic (exact) mass is 518 g/mol. The number of aromatic nitrogens is 2. The highest BCUT2D eigenvalue weighted by Gasteiger charge is 2.18. The Morgan fingerprint density at radius 2 is 1.97 bits per heavy atom. The van der Waals surface area contributed by atoms with E-state index in [9.17, 15) is 18.5 Å². The Balaban J connectivity index is 1.79. The van der Waals surface area contributed by atoms with Crippen LogP contribution < -0.4 is 14.8 Å². The molecule has 12 heteroatoms. The van der Waals surface area contributed by atoms with E-state index in [1.807, 2.05) is 31.2 Å². The lowest BCUT2D eigenvalue weighted by Gasteiger charge is -2.13. The third kappa shape index (κ3) is 6.54. The van der Waals surface area contributed by atoms with Gasteiger partial charge >= 0.3 is 0 Å². The van der Waals surface area contributed by atoms with Gasteiger partial charge in [-0.25, -0.2) is 8.42 Å². The van der Waals surface area contributed by atoms with E-state index in [-0.39, 0.29) is 21.7 Å². The molecule has 1 amide bonds. The molecule has 0 saturated carbocycles. The van der Waals surface area contributed by atoms with E-state index in [0.29, 0.717) is 40.0 Å². The lowest BCUT2D eigenvalue weighted by molar-refractivity contribution is -0.112. The number of nitriles is 1. The number of ether oxygens (including phenoxy) is 2. The van der Waals surface area contributed by atoms with Crippen LogP contribution in [0.1, 0.15) is 18.1 Å². The van der Waals surface area contributed by atoms with Crippen molar-refractivity contribution in [2.24, 2.45) is 0 Å². The molecule has 3 rings (SSSR count). The molecular weight excluding hydrogens is 500 g/mol. The molecule has 3 aromatic rings. The van der Waals surface area contributed by atoms with Crippen molar-refractivity contribution in [3.05, 3.63) is 64.2 Å². The average molecular weight is 519 g/mol. The van der Waals surface area contributed by atoms with Gasteiger partial charge in [0.2, 0.25) is 19.3 Å². The average Bonchev–Trinajstić information content (AvgIpc) is 3.27. The Morgan fingerprint density at radius 3 is 2.62 bits per heavy atom. The highest BCUT2D eigenvalue weighted by molar-refractivity contribution is 7.92. The second-order valence-electron chi connectivity index (χ2n) is 6.79. The molecule has 2 aromatic carbocycles. The van der Waals surface area contributed by atoms with Crippen molar-refractivity contribution in [3.63, 3.8) is 0 Å². The van der Waals surface area contributed by atoms with E-state index in [4.69, 9.17) is 21.1 Å². The molecule has 0 atom stereocenters. The van der Waals surface area contributed by atoms with Crippen LogP contribution in [0.5, 0.6) is 11.5 Å². The van der Waals surface area contributed by atoms with E-state index < -0.39 is 15.7 Å². The molecule has 0 bridgehead atoms. The van der Waals surface area contributed by atoms with Gasteiger partial charge in [-0.3, -0.25) is 10.1 Å². The van der Waals surface area contributed by atoms with Gasteiger partial charge in [-0.1, -0.05) is 47.2 Å². The van der Waals surface area contributed by atoms with Crippen LogP contribution in [0.25, 0.3) is 6.08 Å². The molecule has 1 aromatic heterocycles. The number of rotatable bonds is 9. The summed E-state index contributed by atoms with van der Waals surface area (Å²) < 4.78 is 34.3. The van der Waals surface area contributed by atoms with Crippen molar-refractivity contribution < 1.29 is 22.7 Å². The van der Waals surface area contributed by atoms with Gasteiger partial charge < -0.3 is 9.47 Å². The standard InChI is InChI=1S/C22H19ClN4O5S2/c1-3-31-19-11-14(8-9-18(19)32-13-15-6-4-5-7-17(15)23)10-16(12-24)20(28)25-21-26-27-22(33-21)34(2,29)30/h4-11H,3,13H2,1-2H3,(H,25,26,28)/b16-10-. The fourth-order valence-corrected chi connectivity index (χ4v) is 4.36. The number of carbonyl (C=O) groups excluding carboxylic acids is 1. The van der Waals surface area contributed by atoms with Crippen molar-refractivity contribution >= 4 is 49.9 Å². The van der Waals surface area contributed by atoms with Crippen LogP contribution >= 0.6 is 22.9 Å². The molecule has 0 spiro atoms. The summed E-state index contributed by atoms with van der Waals surface area (Å²) >= 11 is 6.87. The van der Waals surface area contributed by atoms with Gasteiger partial charge in [0.05, 0.1) is 6.61 Å². The molecule has 0 aliphatic heterocycles. The zero-order chi connectivity index (χ0) is 24.7. The minimum absolute atomic E-state index is 0.0371. The molecule has 0 saturated heterocycles. The Kier molecular flexibility index (Phi) is 8.22. The highest BCUT2D eigenvalue weighted by atomic mass is 35.5. The first-order valence-electron chi connectivity index (χ1n) is 9.81. The van der Waals surface area contributed by atoms with Crippen molar-refractivity contribution in [2.45, 2.75) is 17.9 Å². The summed E-state index contributed by atoms with van der Waals surface area (Å²) in [5.41, 5.74) is 1.12. The topological polar surface area (TPSA) is 131 Å². The summed E-state index contributed by atoms with van der Waals surface area (Å²) in [6.07, 6.45) is 2.35. The van der Waals surface area contributed by atoms with Crippen molar-refractivity contribution in [1.82, 2.24) is 10.2 Å². The lowest BCUT2D eigenvalue weighted by Crippen LogP contribution is -2.13. The van der Waals surface area contributed by atoms with Crippen molar-refractivity contribution in [2.75, 3.05) is 18.2 Å². The van der Waals surface area contributed by atoms with Gasteiger partial charge in [-0.2, -0.15) is 5.26 Å². The molecule has 0 fully saturated rings. The van der Waals surface area contributed by atoms with E-state index in [0.717, 1.165) is 11.8 Å².